The van der Waals surface area contributed by atoms with Gasteiger partial charge in [-0.25, -0.2) is 0 Å². The molecule has 0 radical (unpaired) electrons. The van der Waals surface area contributed by atoms with E-state index in [0.717, 1.165) is 5.69 Å². The van der Waals surface area contributed by atoms with Gasteiger partial charge < -0.3 is 10.6 Å². The molecular weight excluding hydrogens is 164 g/mol. The zero-order valence-corrected chi connectivity index (χ0v) is 7.87. The maximum absolute atomic E-state index is 11.1. The smallest absolute Gasteiger partial charge is 0.241 e. The normalized spacial score (nSPS) is 11.8. The van der Waals surface area contributed by atoms with Gasteiger partial charge in [0.05, 0.1) is 0 Å². The van der Waals surface area contributed by atoms with Gasteiger partial charge >= 0.3 is 0 Å². The average molecular weight is 178 g/mol. The van der Waals surface area contributed by atoms with Gasteiger partial charge in [0.1, 0.15) is 6.04 Å². The summed E-state index contributed by atoms with van der Waals surface area (Å²) in [6.07, 6.45) is 0. The number of nitrogens with one attached hydrogen (secondary N) is 2. The highest BCUT2D eigenvalue weighted by Crippen LogP contribution is 2.06. The molecule has 1 atom stereocenters. The number of amides is 1. The van der Waals surface area contributed by atoms with Gasteiger partial charge in [0, 0.05) is 12.7 Å². The first-order chi connectivity index (χ1) is 6.24. The zero-order chi connectivity index (χ0) is 9.68. The minimum Gasteiger partial charge on any atom is -0.374 e. The van der Waals surface area contributed by atoms with Crippen molar-refractivity contribution in [2.45, 2.75) is 13.0 Å². The third kappa shape index (κ3) is 2.78. The molecule has 1 unspecified atom stereocenters. The van der Waals surface area contributed by atoms with Crippen LogP contribution in [0.5, 0.6) is 0 Å². The van der Waals surface area contributed by atoms with Gasteiger partial charge in [-0.15, -0.1) is 0 Å². The summed E-state index contributed by atoms with van der Waals surface area (Å²) in [6.45, 7) is 1.83. The molecule has 1 aromatic rings. The van der Waals surface area contributed by atoms with Crippen molar-refractivity contribution in [2.24, 2.45) is 0 Å². The van der Waals surface area contributed by atoms with E-state index >= 15 is 0 Å². The van der Waals surface area contributed by atoms with Crippen molar-refractivity contribution >= 4 is 11.6 Å². The number of rotatable bonds is 3. The lowest BCUT2D eigenvalue weighted by Crippen LogP contribution is -2.35. The average Bonchev–Trinajstić information content (AvgIpc) is 2.18. The lowest BCUT2D eigenvalue weighted by molar-refractivity contribution is -0.121. The van der Waals surface area contributed by atoms with Crippen LogP contribution in [-0.2, 0) is 4.79 Å². The Morgan fingerprint density at radius 2 is 1.92 bits per heavy atom. The molecule has 0 heterocycles. The third-order valence-electron chi connectivity index (χ3n) is 1.80. The minimum atomic E-state index is -0.201. The molecule has 3 nitrogen and oxygen atoms in total. The van der Waals surface area contributed by atoms with Crippen molar-refractivity contribution in [3.8, 4) is 0 Å². The fourth-order valence-corrected chi connectivity index (χ4v) is 1.07. The first kappa shape index (κ1) is 9.58. The molecule has 3 heteroatoms. The summed E-state index contributed by atoms with van der Waals surface area (Å²) in [6, 6.07) is 9.46. The monoisotopic (exact) mass is 178 g/mol. The molecule has 0 aliphatic rings. The van der Waals surface area contributed by atoms with Gasteiger partial charge in [-0.05, 0) is 19.1 Å². The van der Waals surface area contributed by atoms with Crippen LogP contribution in [0.1, 0.15) is 6.92 Å². The van der Waals surface area contributed by atoms with E-state index in [9.17, 15) is 4.79 Å². The maximum Gasteiger partial charge on any atom is 0.241 e. The van der Waals surface area contributed by atoms with Crippen LogP contribution in [0.15, 0.2) is 30.3 Å². The Bertz CT molecular complexity index is 272. The summed E-state index contributed by atoms with van der Waals surface area (Å²) in [4.78, 5) is 11.1. The maximum atomic E-state index is 11.1. The zero-order valence-electron chi connectivity index (χ0n) is 7.87. The summed E-state index contributed by atoms with van der Waals surface area (Å²) < 4.78 is 0. The van der Waals surface area contributed by atoms with Gasteiger partial charge in [-0.1, -0.05) is 18.2 Å². The van der Waals surface area contributed by atoms with Crippen molar-refractivity contribution in [3.05, 3.63) is 30.3 Å². The Balaban J connectivity index is 2.55. The third-order valence-corrected chi connectivity index (χ3v) is 1.80. The number of hydrogen-bond acceptors (Lipinski definition) is 2. The number of likely N-dealkylation sites (N-methyl/N-ethyl adjacent to an activating group) is 1. The van der Waals surface area contributed by atoms with Crippen LogP contribution in [0, 0.1) is 0 Å². The SMILES string of the molecule is CNC(=O)C(C)Nc1ccccc1. The van der Waals surface area contributed by atoms with E-state index in [0.29, 0.717) is 0 Å². The lowest BCUT2D eigenvalue weighted by atomic mass is 10.2. The van der Waals surface area contributed by atoms with E-state index in [1.807, 2.05) is 37.3 Å². The summed E-state index contributed by atoms with van der Waals surface area (Å²) in [5.74, 6) is -0.0103. The van der Waals surface area contributed by atoms with Crippen molar-refractivity contribution in [1.29, 1.82) is 0 Å². The molecule has 0 saturated heterocycles. The Morgan fingerprint density at radius 3 is 2.46 bits per heavy atom. The van der Waals surface area contributed by atoms with Crippen LogP contribution in [0.3, 0.4) is 0 Å². The van der Waals surface area contributed by atoms with E-state index in [1.54, 1.807) is 7.05 Å². The van der Waals surface area contributed by atoms with Gasteiger partial charge in [-0.2, -0.15) is 0 Å². The Hall–Kier alpha value is -1.51. The van der Waals surface area contributed by atoms with Crippen LogP contribution in [0.25, 0.3) is 0 Å². The number of carbonyl (C=O) groups excluding carboxylic acids is 1. The first-order valence-electron chi connectivity index (χ1n) is 4.27. The summed E-state index contributed by atoms with van der Waals surface area (Å²) >= 11 is 0. The highest BCUT2D eigenvalue weighted by Gasteiger charge is 2.08. The number of carbonyl (C=O) groups is 1. The molecule has 1 amide bonds. The van der Waals surface area contributed by atoms with Crippen LogP contribution in [0.4, 0.5) is 5.69 Å². The largest absolute Gasteiger partial charge is 0.374 e. The van der Waals surface area contributed by atoms with Crippen molar-refractivity contribution in [2.75, 3.05) is 12.4 Å². The molecule has 13 heavy (non-hydrogen) atoms. The highest BCUT2D eigenvalue weighted by atomic mass is 16.2. The van der Waals surface area contributed by atoms with E-state index in [2.05, 4.69) is 10.6 Å². The molecule has 0 aliphatic heterocycles. The molecule has 1 rings (SSSR count). The lowest BCUT2D eigenvalue weighted by Gasteiger charge is -2.12. The molecule has 0 aliphatic carbocycles. The van der Waals surface area contributed by atoms with E-state index in [1.165, 1.54) is 0 Å². The van der Waals surface area contributed by atoms with Crippen LogP contribution in [0.2, 0.25) is 0 Å². The predicted molar refractivity (Wildman–Crippen MR) is 53.6 cm³/mol. The topological polar surface area (TPSA) is 41.1 Å². The van der Waals surface area contributed by atoms with Crippen LogP contribution in [-0.4, -0.2) is 19.0 Å². The van der Waals surface area contributed by atoms with Crippen LogP contribution >= 0.6 is 0 Å². The van der Waals surface area contributed by atoms with Crippen molar-refractivity contribution in [1.82, 2.24) is 5.32 Å². The minimum absolute atomic E-state index is 0.0103. The van der Waals surface area contributed by atoms with Gasteiger partial charge in [-0.3, -0.25) is 4.79 Å². The molecule has 2 N–H and O–H groups in total. The second-order valence-electron chi connectivity index (χ2n) is 2.85. The summed E-state index contributed by atoms with van der Waals surface area (Å²) in [5.41, 5.74) is 0.957. The van der Waals surface area contributed by atoms with Crippen LogP contribution < -0.4 is 10.6 Å². The summed E-state index contributed by atoms with van der Waals surface area (Å²) in [7, 11) is 1.63. The Kier molecular flexibility index (Phi) is 3.31. The Labute approximate surface area is 78.2 Å². The molecule has 0 fully saturated rings. The fourth-order valence-electron chi connectivity index (χ4n) is 1.07. The quantitative estimate of drug-likeness (QED) is 0.731. The number of benzene rings is 1. The van der Waals surface area contributed by atoms with E-state index in [4.69, 9.17) is 0 Å². The summed E-state index contributed by atoms with van der Waals surface area (Å²) in [5, 5.41) is 5.66. The number of hydrogen-bond donors (Lipinski definition) is 2. The van der Waals surface area contributed by atoms with Gasteiger partial charge in [0.2, 0.25) is 5.91 Å². The second-order valence-corrected chi connectivity index (χ2v) is 2.85. The molecule has 1 aromatic carbocycles. The molecule has 0 spiro atoms. The molecule has 0 saturated carbocycles. The highest BCUT2D eigenvalue weighted by molar-refractivity contribution is 5.83. The number of anilines is 1. The van der Waals surface area contributed by atoms with Gasteiger partial charge in [0.25, 0.3) is 0 Å². The Morgan fingerprint density at radius 1 is 1.31 bits per heavy atom. The van der Waals surface area contributed by atoms with Crippen molar-refractivity contribution < 1.29 is 4.79 Å². The molecule has 0 aromatic heterocycles. The van der Waals surface area contributed by atoms with Gasteiger partial charge in [0.15, 0.2) is 0 Å². The van der Waals surface area contributed by atoms with E-state index in [-0.39, 0.29) is 11.9 Å². The number of para-hydroxylation sites is 1. The van der Waals surface area contributed by atoms with E-state index < -0.39 is 0 Å². The standard InChI is InChI=1S/C10H14N2O/c1-8(10(13)11-2)12-9-6-4-3-5-7-9/h3-8,12H,1-2H3,(H,11,13). The second kappa shape index (κ2) is 4.50. The molecule has 70 valence electrons. The first-order valence-corrected chi connectivity index (χ1v) is 4.27. The van der Waals surface area contributed by atoms with Crippen molar-refractivity contribution in [3.63, 3.8) is 0 Å². The fraction of sp³-hybridized carbons (Fsp3) is 0.300. The molecule has 0 bridgehead atoms. The molecular formula is C10H14N2O. The predicted octanol–water partition coefficient (Wildman–Crippen LogP) is 1.23.